The maximum absolute atomic E-state index is 6.08. The molecule has 0 amide bonds. The van der Waals surface area contributed by atoms with Gasteiger partial charge in [-0.2, -0.15) is 0 Å². The van der Waals surface area contributed by atoms with Crippen molar-refractivity contribution < 1.29 is 0 Å². The molecule has 100 valence electrons. The van der Waals surface area contributed by atoms with Gasteiger partial charge in [0.1, 0.15) is 0 Å². The van der Waals surface area contributed by atoms with Crippen LogP contribution < -0.4 is 17.0 Å². The smallest absolute Gasteiger partial charge is 0.0736 e. The Balaban J connectivity index is 2.20. The van der Waals surface area contributed by atoms with Crippen molar-refractivity contribution in [2.75, 3.05) is 5.73 Å². The van der Waals surface area contributed by atoms with Crippen molar-refractivity contribution in [1.82, 2.24) is 5.43 Å². The van der Waals surface area contributed by atoms with Crippen LogP contribution in [-0.4, -0.2) is 0 Å². The summed E-state index contributed by atoms with van der Waals surface area (Å²) in [7, 11) is 0. The lowest BCUT2D eigenvalue weighted by Gasteiger charge is -2.20. The van der Waals surface area contributed by atoms with Gasteiger partial charge in [0, 0.05) is 5.69 Å². The highest BCUT2D eigenvalue weighted by Crippen LogP contribution is 2.30. The first-order valence-electron chi connectivity index (χ1n) is 6.59. The van der Waals surface area contributed by atoms with Crippen molar-refractivity contribution >= 4 is 16.5 Å². The number of nitrogens with two attached hydrogens (primary N) is 2. The fourth-order valence-corrected chi connectivity index (χ4v) is 2.62. The molecule has 0 heterocycles. The number of para-hydroxylation sites is 1. The molecule has 0 bridgehead atoms. The van der Waals surface area contributed by atoms with Gasteiger partial charge >= 0.3 is 0 Å². The molecule has 0 aliphatic heterocycles. The summed E-state index contributed by atoms with van der Waals surface area (Å²) in [6, 6.07) is 22.2. The molecule has 3 rings (SSSR count). The van der Waals surface area contributed by atoms with Gasteiger partial charge in [-0.05, 0) is 28.0 Å². The van der Waals surface area contributed by atoms with Crippen molar-refractivity contribution in [1.29, 1.82) is 0 Å². The summed E-state index contributed by atoms with van der Waals surface area (Å²) in [5.74, 6) is 5.79. The van der Waals surface area contributed by atoms with Gasteiger partial charge in [-0.1, -0.05) is 60.7 Å². The monoisotopic (exact) mass is 263 g/mol. The molecule has 0 aliphatic rings. The van der Waals surface area contributed by atoms with Gasteiger partial charge in [-0.3, -0.25) is 5.84 Å². The first kappa shape index (κ1) is 12.7. The zero-order chi connectivity index (χ0) is 13.9. The number of fused-ring (bicyclic) bond motifs is 1. The number of hydrogen-bond acceptors (Lipinski definition) is 3. The van der Waals surface area contributed by atoms with Crippen molar-refractivity contribution in [3.63, 3.8) is 0 Å². The number of anilines is 1. The van der Waals surface area contributed by atoms with E-state index in [1.165, 1.54) is 10.8 Å². The summed E-state index contributed by atoms with van der Waals surface area (Å²) in [5.41, 5.74) is 11.8. The second kappa shape index (κ2) is 5.33. The van der Waals surface area contributed by atoms with Crippen LogP contribution in [-0.2, 0) is 0 Å². The van der Waals surface area contributed by atoms with Gasteiger partial charge in [-0.15, -0.1) is 0 Å². The van der Waals surface area contributed by atoms with E-state index < -0.39 is 0 Å². The highest BCUT2D eigenvalue weighted by Gasteiger charge is 2.16. The number of hydrogen-bond donors (Lipinski definition) is 3. The summed E-state index contributed by atoms with van der Waals surface area (Å²) >= 11 is 0. The molecule has 0 saturated heterocycles. The van der Waals surface area contributed by atoms with Crippen LogP contribution in [0.15, 0.2) is 66.7 Å². The van der Waals surface area contributed by atoms with Crippen LogP contribution in [0.1, 0.15) is 17.2 Å². The second-order valence-corrected chi connectivity index (χ2v) is 4.80. The molecule has 3 heteroatoms. The predicted octanol–water partition coefficient (Wildman–Crippen LogP) is 2.97. The lowest BCUT2D eigenvalue weighted by atomic mass is 9.93. The van der Waals surface area contributed by atoms with E-state index in [1.807, 2.05) is 42.5 Å². The minimum Gasteiger partial charge on any atom is -0.398 e. The Bertz CT molecular complexity index is 732. The van der Waals surface area contributed by atoms with Gasteiger partial charge in [0.05, 0.1) is 6.04 Å². The fourth-order valence-electron chi connectivity index (χ4n) is 2.62. The first-order chi connectivity index (χ1) is 9.81. The Morgan fingerprint density at radius 3 is 2.20 bits per heavy atom. The van der Waals surface area contributed by atoms with E-state index in [1.54, 1.807) is 0 Å². The number of rotatable bonds is 3. The van der Waals surface area contributed by atoms with E-state index in [2.05, 4.69) is 29.7 Å². The van der Waals surface area contributed by atoms with E-state index >= 15 is 0 Å². The molecule has 0 radical (unpaired) electrons. The Hall–Kier alpha value is -2.36. The maximum atomic E-state index is 6.08. The molecule has 3 aromatic carbocycles. The van der Waals surface area contributed by atoms with Crippen molar-refractivity contribution in [3.05, 3.63) is 77.9 Å². The molecule has 0 fully saturated rings. The highest BCUT2D eigenvalue weighted by atomic mass is 15.2. The molecule has 3 nitrogen and oxygen atoms in total. The van der Waals surface area contributed by atoms with Crippen molar-refractivity contribution in [3.8, 4) is 0 Å². The number of nitrogen functional groups attached to an aromatic ring is 1. The van der Waals surface area contributed by atoms with Crippen LogP contribution in [0.3, 0.4) is 0 Å². The SMILES string of the molecule is NNC(c1ccccc1N)c1cccc2ccccc12. The fraction of sp³-hybridized carbons (Fsp3) is 0.0588. The van der Waals surface area contributed by atoms with Crippen LogP contribution in [0.4, 0.5) is 5.69 Å². The zero-order valence-electron chi connectivity index (χ0n) is 11.1. The van der Waals surface area contributed by atoms with Crippen molar-refractivity contribution in [2.24, 2.45) is 5.84 Å². The Morgan fingerprint density at radius 1 is 0.750 bits per heavy atom. The number of hydrazine groups is 1. The quantitative estimate of drug-likeness (QED) is 0.387. The second-order valence-electron chi connectivity index (χ2n) is 4.80. The summed E-state index contributed by atoms with van der Waals surface area (Å²) in [6.45, 7) is 0. The minimum atomic E-state index is -0.123. The van der Waals surface area contributed by atoms with Gasteiger partial charge in [0.15, 0.2) is 0 Å². The van der Waals surface area contributed by atoms with Crippen LogP contribution in [0, 0.1) is 0 Å². The van der Waals surface area contributed by atoms with Crippen LogP contribution >= 0.6 is 0 Å². The molecule has 0 saturated carbocycles. The molecular formula is C17H17N3. The molecule has 0 aromatic heterocycles. The summed E-state index contributed by atoms with van der Waals surface area (Å²) in [5, 5.41) is 2.38. The van der Waals surface area contributed by atoms with Crippen LogP contribution in [0.2, 0.25) is 0 Å². The third-order valence-corrected chi connectivity index (χ3v) is 3.61. The summed E-state index contributed by atoms with van der Waals surface area (Å²) in [6.07, 6.45) is 0. The van der Waals surface area contributed by atoms with E-state index in [0.717, 1.165) is 16.8 Å². The molecule has 1 atom stereocenters. The lowest BCUT2D eigenvalue weighted by molar-refractivity contribution is 0.642. The standard InChI is InChI=1S/C17H17N3/c18-16-11-4-3-9-15(16)17(20-19)14-10-5-7-12-6-1-2-8-13(12)14/h1-11,17,20H,18-19H2. The molecule has 0 aliphatic carbocycles. The summed E-state index contributed by atoms with van der Waals surface area (Å²) in [4.78, 5) is 0. The average Bonchev–Trinajstić information content (AvgIpc) is 2.50. The normalized spacial score (nSPS) is 12.4. The third-order valence-electron chi connectivity index (χ3n) is 3.61. The molecule has 3 aromatic rings. The Morgan fingerprint density at radius 2 is 1.40 bits per heavy atom. The molecular weight excluding hydrogens is 246 g/mol. The maximum Gasteiger partial charge on any atom is 0.0736 e. The van der Waals surface area contributed by atoms with E-state index in [0.29, 0.717) is 0 Å². The van der Waals surface area contributed by atoms with Crippen LogP contribution in [0.5, 0.6) is 0 Å². The van der Waals surface area contributed by atoms with Gasteiger partial charge in [0.25, 0.3) is 0 Å². The number of nitrogens with one attached hydrogen (secondary N) is 1. The minimum absolute atomic E-state index is 0.123. The van der Waals surface area contributed by atoms with Gasteiger partial charge < -0.3 is 5.73 Å². The third kappa shape index (κ3) is 2.13. The molecule has 0 spiro atoms. The van der Waals surface area contributed by atoms with Gasteiger partial charge in [-0.25, -0.2) is 5.43 Å². The van der Waals surface area contributed by atoms with E-state index in [4.69, 9.17) is 11.6 Å². The highest BCUT2D eigenvalue weighted by molar-refractivity contribution is 5.86. The molecule has 1 unspecified atom stereocenters. The molecule has 5 N–H and O–H groups in total. The first-order valence-corrected chi connectivity index (χ1v) is 6.59. The zero-order valence-corrected chi connectivity index (χ0v) is 11.1. The van der Waals surface area contributed by atoms with Crippen molar-refractivity contribution in [2.45, 2.75) is 6.04 Å². The van der Waals surface area contributed by atoms with E-state index in [-0.39, 0.29) is 6.04 Å². The lowest BCUT2D eigenvalue weighted by Crippen LogP contribution is -2.29. The van der Waals surface area contributed by atoms with Crippen LogP contribution in [0.25, 0.3) is 10.8 Å². The summed E-state index contributed by atoms with van der Waals surface area (Å²) < 4.78 is 0. The Labute approximate surface area is 118 Å². The van der Waals surface area contributed by atoms with E-state index in [9.17, 15) is 0 Å². The Kier molecular flexibility index (Phi) is 3.37. The largest absolute Gasteiger partial charge is 0.398 e. The molecule has 20 heavy (non-hydrogen) atoms. The predicted molar refractivity (Wildman–Crippen MR) is 84.0 cm³/mol. The van der Waals surface area contributed by atoms with Gasteiger partial charge in [0.2, 0.25) is 0 Å². The average molecular weight is 263 g/mol. The topological polar surface area (TPSA) is 64.1 Å². The number of benzene rings is 3.